The first kappa shape index (κ1) is 22.4. The first-order valence-electron chi connectivity index (χ1n) is 9.62. The molecule has 9 heteroatoms. The highest BCUT2D eigenvalue weighted by molar-refractivity contribution is 6.32. The first-order chi connectivity index (χ1) is 15.7. The average Bonchev–Trinajstić information content (AvgIpc) is 2.79. The lowest BCUT2D eigenvalue weighted by molar-refractivity contribution is -0.137. The molecule has 0 atom stereocenters. The molecule has 0 aliphatic heterocycles. The van der Waals surface area contributed by atoms with Crippen LogP contribution in [0.5, 0.6) is 11.6 Å². The van der Waals surface area contributed by atoms with Gasteiger partial charge in [0, 0.05) is 17.0 Å². The summed E-state index contributed by atoms with van der Waals surface area (Å²) in [5.41, 5.74) is -1.12. The fourth-order valence-corrected chi connectivity index (χ4v) is 3.68. The van der Waals surface area contributed by atoms with Crippen LogP contribution >= 0.6 is 11.6 Å². The van der Waals surface area contributed by atoms with E-state index < -0.39 is 23.2 Å². The van der Waals surface area contributed by atoms with Crippen molar-refractivity contribution in [1.29, 1.82) is 0 Å². The predicted molar refractivity (Wildman–Crippen MR) is 121 cm³/mol. The molecule has 0 radical (unpaired) electrons. The Morgan fingerprint density at radius 1 is 1.03 bits per heavy atom. The molecule has 33 heavy (non-hydrogen) atoms. The van der Waals surface area contributed by atoms with Gasteiger partial charge in [0.1, 0.15) is 5.75 Å². The van der Waals surface area contributed by atoms with Crippen LogP contribution in [-0.2, 0) is 6.18 Å². The zero-order valence-corrected chi connectivity index (χ0v) is 17.9. The third-order valence-corrected chi connectivity index (χ3v) is 5.31. The minimum Gasteiger partial charge on any atom is -0.495 e. The summed E-state index contributed by atoms with van der Waals surface area (Å²) in [5.74, 6) is -0.0802. The fourth-order valence-electron chi connectivity index (χ4n) is 3.42. The van der Waals surface area contributed by atoms with Gasteiger partial charge in [-0.3, -0.25) is 9.79 Å². The standard InChI is InChI=1S/C24H16ClF3N2O3/c1-33-21-10-9-15(12-20(21)25)29-13-19-17-7-2-3-8-18(17)22(31)30(23(19)32)16-6-4-5-14(11-16)24(26,27)28/h2-13,32H,1H3. The van der Waals surface area contributed by atoms with Gasteiger partial charge in [-0.2, -0.15) is 13.2 Å². The molecule has 0 fully saturated rings. The molecule has 4 aromatic rings. The molecule has 1 N–H and O–H groups in total. The van der Waals surface area contributed by atoms with Crippen LogP contribution in [-0.4, -0.2) is 23.0 Å². The van der Waals surface area contributed by atoms with Gasteiger partial charge in [0.2, 0.25) is 5.88 Å². The van der Waals surface area contributed by atoms with Gasteiger partial charge in [0.15, 0.2) is 0 Å². The van der Waals surface area contributed by atoms with E-state index in [-0.39, 0.29) is 16.6 Å². The van der Waals surface area contributed by atoms with E-state index in [0.717, 1.165) is 16.7 Å². The number of aliphatic imine (C=N–C) groups is 1. The Bertz CT molecular complexity index is 1450. The maximum atomic E-state index is 13.2. The normalized spacial score (nSPS) is 11.9. The van der Waals surface area contributed by atoms with E-state index in [1.807, 2.05) is 0 Å². The lowest BCUT2D eigenvalue weighted by Gasteiger charge is -2.15. The molecular formula is C24H16ClF3N2O3. The van der Waals surface area contributed by atoms with Crippen LogP contribution in [0.4, 0.5) is 18.9 Å². The number of rotatable bonds is 4. The summed E-state index contributed by atoms with van der Waals surface area (Å²) in [6, 6.07) is 15.5. The maximum Gasteiger partial charge on any atom is 0.416 e. The molecule has 0 bridgehead atoms. The lowest BCUT2D eigenvalue weighted by Crippen LogP contribution is -2.20. The number of aromatic hydroxyl groups is 1. The number of fused-ring (bicyclic) bond motifs is 1. The van der Waals surface area contributed by atoms with Gasteiger partial charge in [-0.15, -0.1) is 0 Å². The highest BCUT2D eigenvalue weighted by Gasteiger charge is 2.31. The Kier molecular flexibility index (Phi) is 5.86. The van der Waals surface area contributed by atoms with Crippen LogP contribution in [0.25, 0.3) is 16.5 Å². The van der Waals surface area contributed by atoms with Gasteiger partial charge >= 0.3 is 6.18 Å². The number of alkyl halides is 3. The SMILES string of the molecule is COc1ccc(N=Cc2c(O)n(-c3cccc(C(F)(F)F)c3)c(=O)c3ccccc23)cc1Cl. The van der Waals surface area contributed by atoms with Gasteiger partial charge in [-0.25, -0.2) is 4.57 Å². The number of pyridine rings is 1. The largest absolute Gasteiger partial charge is 0.495 e. The molecule has 0 unspecified atom stereocenters. The van der Waals surface area contributed by atoms with Gasteiger partial charge in [-0.1, -0.05) is 35.9 Å². The van der Waals surface area contributed by atoms with Crippen molar-refractivity contribution in [2.75, 3.05) is 7.11 Å². The van der Waals surface area contributed by atoms with Gasteiger partial charge in [0.05, 0.1) is 34.6 Å². The number of benzene rings is 3. The minimum absolute atomic E-state index is 0.125. The summed E-state index contributed by atoms with van der Waals surface area (Å²) < 4.78 is 45.6. The van der Waals surface area contributed by atoms with Crippen molar-refractivity contribution in [2.24, 2.45) is 4.99 Å². The molecule has 1 heterocycles. The van der Waals surface area contributed by atoms with E-state index in [4.69, 9.17) is 16.3 Å². The van der Waals surface area contributed by atoms with Gasteiger partial charge in [-0.05, 0) is 42.5 Å². The molecule has 0 spiro atoms. The summed E-state index contributed by atoms with van der Waals surface area (Å²) in [6.45, 7) is 0. The van der Waals surface area contributed by atoms with Crippen LogP contribution < -0.4 is 10.3 Å². The second kappa shape index (κ2) is 8.63. The van der Waals surface area contributed by atoms with E-state index in [1.54, 1.807) is 36.4 Å². The maximum absolute atomic E-state index is 13.2. The topological polar surface area (TPSA) is 63.8 Å². The molecule has 0 saturated heterocycles. The highest BCUT2D eigenvalue weighted by Crippen LogP contribution is 2.33. The smallest absolute Gasteiger partial charge is 0.416 e. The second-order valence-electron chi connectivity index (χ2n) is 7.05. The van der Waals surface area contributed by atoms with Crippen LogP contribution in [0.2, 0.25) is 5.02 Å². The highest BCUT2D eigenvalue weighted by atomic mass is 35.5. The van der Waals surface area contributed by atoms with Gasteiger partial charge in [0.25, 0.3) is 5.56 Å². The number of ether oxygens (including phenoxy) is 1. The predicted octanol–water partition coefficient (Wildman–Crippen LogP) is 6.13. The quantitative estimate of drug-likeness (QED) is 0.363. The number of halogens is 4. The third kappa shape index (κ3) is 4.29. The molecule has 4 rings (SSSR count). The third-order valence-electron chi connectivity index (χ3n) is 5.01. The van der Waals surface area contributed by atoms with Crippen LogP contribution in [0, 0.1) is 0 Å². The monoisotopic (exact) mass is 472 g/mol. The molecule has 0 saturated carbocycles. The van der Waals surface area contributed by atoms with Crippen molar-refractivity contribution in [3.05, 3.63) is 93.2 Å². The summed E-state index contributed by atoms with van der Waals surface area (Å²) in [7, 11) is 1.48. The van der Waals surface area contributed by atoms with Crippen molar-refractivity contribution in [2.45, 2.75) is 6.18 Å². The molecule has 1 aromatic heterocycles. The van der Waals surface area contributed by atoms with E-state index in [0.29, 0.717) is 21.8 Å². The minimum atomic E-state index is -4.61. The number of methoxy groups -OCH3 is 1. The zero-order chi connectivity index (χ0) is 23.8. The number of aromatic nitrogens is 1. The Morgan fingerprint density at radius 3 is 2.42 bits per heavy atom. The molecule has 5 nitrogen and oxygen atoms in total. The van der Waals surface area contributed by atoms with Crippen molar-refractivity contribution < 1.29 is 23.0 Å². The summed E-state index contributed by atoms with van der Waals surface area (Å²) in [4.78, 5) is 17.4. The summed E-state index contributed by atoms with van der Waals surface area (Å²) in [6.07, 6.45) is -3.27. The number of hydrogen-bond acceptors (Lipinski definition) is 4. The van der Waals surface area contributed by atoms with Crippen LogP contribution in [0.1, 0.15) is 11.1 Å². The van der Waals surface area contributed by atoms with E-state index in [9.17, 15) is 23.1 Å². The van der Waals surface area contributed by atoms with E-state index in [1.165, 1.54) is 31.5 Å². The van der Waals surface area contributed by atoms with Crippen molar-refractivity contribution >= 4 is 34.3 Å². The van der Waals surface area contributed by atoms with E-state index >= 15 is 0 Å². The van der Waals surface area contributed by atoms with Crippen LogP contribution in [0.15, 0.2) is 76.5 Å². The Balaban J connectivity index is 1.93. The van der Waals surface area contributed by atoms with Crippen molar-refractivity contribution in [3.8, 4) is 17.3 Å². The Labute approximate surface area is 191 Å². The summed E-state index contributed by atoms with van der Waals surface area (Å²) in [5, 5.41) is 11.9. The molecule has 0 aliphatic carbocycles. The fraction of sp³-hybridized carbons (Fsp3) is 0.0833. The molecule has 0 aliphatic rings. The number of hydrogen-bond donors (Lipinski definition) is 1. The Hall–Kier alpha value is -3.78. The molecule has 0 amide bonds. The van der Waals surface area contributed by atoms with E-state index in [2.05, 4.69) is 4.99 Å². The van der Waals surface area contributed by atoms with Crippen LogP contribution in [0.3, 0.4) is 0 Å². The zero-order valence-electron chi connectivity index (χ0n) is 17.1. The van der Waals surface area contributed by atoms with Gasteiger partial charge < -0.3 is 9.84 Å². The average molecular weight is 473 g/mol. The molecule has 3 aromatic carbocycles. The molecule has 168 valence electrons. The number of nitrogens with zero attached hydrogens (tertiary/aromatic N) is 2. The summed E-state index contributed by atoms with van der Waals surface area (Å²) >= 11 is 6.13. The lowest BCUT2D eigenvalue weighted by atomic mass is 10.1. The van der Waals surface area contributed by atoms with Crippen molar-refractivity contribution in [3.63, 3.8) is 0 Å². The first-order valence-corrected chi connectivity index (χ1v) is 10.0. The second-order valence-corrected chi connectivity index (χ2v) is 7.46. The Morgan fingerprint density at radius 2 is 1.76 bits per heavy atom. The molecular weight excluding hydrogens is 457 g/mol. The van der Waals surface area contributed by atoms with Crippen molar-refractivity contribution in [1.82, 2.24) is 4.57 Å².